The molecule has 2 N–H and O–H groups in total. The van der Waals surface area contributed by atoms with E-state index in [-0.39, 0.29) is 24.2 Å². The second kappa shape index (κ2) is 6.39. The molecule has 0 spiro atoms. The number of rotatable bonds is 5. The molecule has 1 fully saturated rings. The fourth-order valence-corrected chi connectivity index (χ4v) is 2.00. The Labute approximate surface area is 128 Å². The van der Waals surface area contributed by atoms with Gasteiger partial charge in [0.1, 0.15) is 11.3 Å². The molecular weight excluding hydrogens is 318 g/mol. The summed E-state index contributed by atoms with van der Waals surface area (Å²) in [6.45, 7) is 1.57. The van der Waals surface area contributed by atoms with E-state index in [1.54, 1.807) is 6.92 Å². The number of hydrogen-bond acceptors (Lipinski definition) is 3. The van der Waals surface area contributed by atoms with Crippen LogP contribution in [0.15, 0.2) is 16.6 Å². The van der Waals surface area contributed by atoms with Crippen LogP contribution in [0.3, 0.4) is 0 Å². The predicted octanol–water partition coefficient (Wildman–Crippen LogP) is 3.61. The molecule has 4 nitrogen and oxygen atoms in total. The number of nitrogens with zero attached hydrogens (tertiary/aromatic N) is 1. The van der Waals surface area contributed by atoms with Crippen LogP contribution in [0.1, 0.15) is 31.7 Å². The van der Waals surface area contributed by atoms with E-state index in [2.05, 4.69) is 4.99 Å². The van der Waals surface area contributed by atoms with Crippen LogP contribution >= 0.6 is 0 Å². The highest BCUT2D eigenvalue weighted by Gasteiger charge is 2.29. The lowest BCUT2D eigenvalue weighted by atomic mass is 10.0. The molecule has 1 aromatic carbocycles. The van der Waals surface area contributed by atoms with Crippen molar-refractivity contribution in [3.63, 3.8) is 0 Å². The van der Waals surface area contributed by atoms with Gasteiger partial charge in [0, 0.05) is 0 Å². The topological polar surface area (TPSA) is 69.9 Å². The molecule has 0 saturated heterocycles. The van der Waals surface area contributed by atoms with Crippen molar-refractivity contribution in [1.82, 2.24) is 0 Å². The van der Waals surface area contributed by atoms with Crippen LogP contribution in [-0.4, -0.2) is 27.9 Å². The standard InChI is InChI=1S/C15H13F4NO3/c1-2-9(20-6-3-4-6)10(15(22)23)14(21)7-5-8(16)12(18)13(19)11(7)17/h5-6,21H,2-4H2,1H3,(H,22,23). The maximum atomic E-state index is 13.8. The van der Waals surface area contributed by atoms with Crippen LogP contribution in [0.2, 0.25) is 0 Å². The van der Waals surface area contributed by atoms with Gasteiger partial charge >= 0.3 is 5.97 Å². The Kier molecular flexibility index (Phi) is 4.72. The largest absolute Gasteiger partial charge is 0.506 e. The van der Waals surface area contributed by atoms with Gasteiger partial charge in [-0.2, -0.15) is 0 Å². The number of hydrogen-bond donors (Lipinski definition) is 2. The Morgan fingerprint density at radius 2 is 1.78 bits per heavy atom. The van der Waals surface area contributed by atoms with E-state index < -0.39 is 46.1 Å². The molecule has 0 bridgehead atoms. The maximum absolute atomic E-state index is 13.8. The van der Waals surface area contributed by atoms with Crippen molar-refractivity contribution in [1.29, 1.82) is 0 Å². The number of aliphatic hydroxyl groups is 1. The second-order valence-electron chi connectivity index (χ2n) is 5.04. The molecule has 23 heavy (non-hydrogen) atoms. The van der Waals surface area contributed by atoms with E-state index in [4.69, 9.17) is 0 Å². The lowest BCUT2D eigenvalue weighted by molar-refractivity contribution is -0.132. The first-order valence-corrected chi connectivity index (χ1v) is 6.84. The lowest BCUT2D eigenvalue weighted by Gasteiger charge is -2.11. The van der Waals surface area contributed by atoms with Crippen molar-refractivity contribution < 1.29 is 32.6 Å². The minimum atomic E-state index is -2.13. The SMILES string of the molecule is CCC(=NC1CC1)C(C(=O)O)=C(O)c1cc(F)c(F)c(F)c1F. The zero-order valence-corrected chi connectivity index (χ0v) is 12.0. The van der Waals surface area contributed by atoms with Crippen LogP contribution in [0.25, 0.3) is 5.76 Å². The number of carboxylic acids is 1. The van der Waals surface area contributed by atoms with Gasteiger partial charge in [0.15, 0.2) is 23.3 Å². The van der Waals surface area contributed by atoms with E-state index in [1.165, 1.54) is 0 Å². The molecule has 8 heteroatoms. The Balaban J connectivity index is 2.66. The van der Waals surface area contributed by atoms with Gasteiger partial charge in [-0.3, -0.25) is 4.99 Å². The third kappa shape index (κ3) is 3.35. The van der Waals surface area contributed by atoms with Crippen molar-refractivity contribution in [2.45, 2.75) is 32.2 Å². The highest BCUT2D eigenvalue weighted by Crippen LogP contribution is 2.29. The number of aliphatic carboxylic acids is 1. The van der Waals surface area contributed by atoms with Gasteiger partial charge in [0.25, 0.3) is 0 Å². The summed E-state index contributed by atoms with van der Waals surface area (Å²) in [5.74, 6) is -10.6. The van der Waals surface area contributed by atoms with E-state index >= 15 is 0 Å². The molecule has 0 aromatic heterocycles. The van der Waals surface area contributed by atoms with Crippen molar-refractivity contribution in [3.8, 4) is 0 Å². The van der Waals surface area contributed by atoms with Gasteiger partial charge in [-0.1, -0.05) is 6.92 Å². The van der Waals surface area contributed by atoms with E-state index in [0.29, 0.717) is 0 Å². The molecular formula is C15H13F4NO3. The molecule has 0 atom stereocenters. The fraction of sp³-hybridized carbons (Fsp3) is 0.333. The van der Waals surface area contributed by atoms with Gasteiger partial charge in [0.2, 0.25) is 0 Å². The molecule has 124 valence electrons. The van der Waals surface area contributed by atoms with Crippen molar-refractivity contribution in [2.24, 2.45) is 4.99 Å². The normalized spacial score (nSPS) is 16.3. The Morgan fingerprint density at radius 3 is 2.26 bits per heavy atom. The molecule has 1 aliphatic carbocycles. The first-order valence-electron chi connectivity index (χ1n) is 6.84. The molecule has 1 aromatic rings. The zero-order chi connectivity index (χ0) is 17.3. The summed E-state index contributed by atoms with van der Waals surface area (Å²) in [7, 11) is 0. The monoisotopic (exact) mass is 331 g/mol. The Hall–Kier alpha value is -2.38. The quantitative estimate of drug-likeness (QED) is 0.216. The zero-order valence-electron chi connectivity index (χ0n) is 12.0. The minimum Gasteiger partial charge on any atom is -0.506 e. The summed E-state index contributed by atoms with van der Waals surface area (Å²) in [5, 5.41) is 19.3. The summed E-state index contributed by atoms with van der Waals surface area (Å²) in [4.78, 5) is 15.5. The average Bonchev–Trinajstić information content (AvgIpc) is 3.31. The van der Waals surface area contributed by atoms with Gasteiger partial charge in [-0.15, -0.1) is 0 Å². The highest BCUT2D eigenvalue weighted by atomic mass is 19.2. The van der Waals surface area contributed by atoms with Gasteiger partial charge < -0.3 is 10.2 Å². The summed E-state index contributed by atoms with van der Waals surface area (Å²) in [6, 6.07) is 0.120. The number of aliphatic imine (C=N–C) groups is 1. The van der Waals surface area contributed by atoms with Crippen LogP contribution in [-0.2, 0) is 4.79 Å². The molecule has 0 radical (unpaired) electrons. The van der Waals surface area contributed by atoms with Crippen molar-refractivity contribution >= 4 is 17.4 Å². The van der Waals surface area contributed by atoms with Gasteiger partial charge in [-0.25, -0.2) is 22.4 Å². The number of aliphatic hydroxyl groups excluding tert-OH is 1. The molecule has 0 unspecified atom stereocenters. The summed E-state index contributed by atoms with van der Waals surface area (Å²) >= 11 is 0. The van der Waals surface area contributed by atoms with Crippen LogP contribution < -0.4 is 0 Å². The smallest absolute Gasteiger partial charge is 0.341 e. The number of carboxylic acid groups (broad SMARTS) is 1. The van der Waals surface area contributed by atoms with Gasteiger partial charge in [-0.05, 0) is 25.3 Å². The molecule has 1 saturated carbocycles. The summed E-state index contributed by atoms with van der Waals surface area (Å²) < 4.78 is 53.3. The van der Waals surface area contributed by atoms with E-state index in [9.17, 15) is 32.6 Å². The third-order valence-electron chi connectivity index (χ3n) is 3.32. The Bertz CT molecular complexity index is 724. The molecule has 0 heterocycles. The molecule has 0 amide bonds. The van der Waals surface area contributed by atoms with Crippen molar-refractivity contribution in [2.75, 3.05) is 0 Å². The van der Waals surface area contributed by atoms with Crippen LogP contribution in [0.4, 0.5) is 17.6 Å². The van der Waals surface area contributed by atoms with Crippen molar-refractivity contribution in [3.05, 3.63) is 40.5 Å². The summed E-state index contributed by atoms with van der Waals surface area (Å²) in [6.07, 6.45) is 1.62. The molecule has 0 aliphatic heterocycles. The summed E-state index contributed by atoms with van der Waals surface area (Å²) in [5.41, 5.74) is -1.86. The molecule has 1 aliphatic rings. The van der Waals surface area contributed by atoms with E-state index in [1.807, 2.05) is 0 Å². The van der Waals surface area contributed by atoms with Crippen LogP contribution in [0.5, 0.6) is 0 Å². The Morgan fingerprint density at radius 1 is 1.17 bits per heavy atom. The maximum Gasteiger partial charge on any atom is 0.341 e. The van der Waals surface area contributed by atoms with Gasteiger partial charge in [0.05, 0.1) is 17.3 Å². The molecule has 2 rings (SSSR count). The average molecular weight is 331 g/mol. The first kappa shape index (κ1) is 17.0. The van der Waals surface area contributed by atoms with E-state index in [0.717, 1.165) is 12.8 Å². The number of benzene rings is 1. The van der Waals surface area contributed by atoms with Crippen LogP contribution in [0, 0.1) is 23.3 Å². The fourth-order valence-electron chi connectivity index (χ4n) is 2.00. The third-order valence-corrected chi connectivity index (χ3v) is 3.32. The first-order chi connectivity index (χ1) is 10.8. The minimum absolute atomic E-state index is 0.0259. The predicted molar refractivity (Wildman–Crippen MR) is 74.2 cm³/mol. The number of halogens is 4. The highest BCUT2D eigenvalue weighted by molar-refractivity contribution is 6.23. The second-order valence-corrected chi connectivity index (χ2v) is 5.04. The lowest BCUT2D eigenvalue weighted by Crippen LogP contribution is -2.16. The number of carbonyl (C=O) groups is 1.